The van der Waals surface area contributed by atoms with E-state index in [-0.39, 0.29) is 6.61 Å². The van der Waals surface area contributed by atoms with E-state index < -0.39 is 337 Å². The summed E-state index contributed by atoms with van der Waals surface area (Å²) < 4.78 is 79.3. The SMILES string of the molecule is NCCCCCO[C@@H](O)C(O[C@H]1OC(CO)[C@@H](O)C(O)C1O[C@@H]1OC(CO)[C@@H](O)C(O[C@H]2OC(CO)[C@@H](O)C(O)C2O[C@H]2OC(CO)[C@@H](O)C(O)C2O[C@H](O)C(O)C(O[C@@H](O)C(O[C@@H](O)/C(=C/[C@H](O)CCO)CO[C@@H]2OC(CO)[C@@H](O)C(O)C2O)C(O)[C@H](O)CCO)[C@H](O)CCO)C1O)C(O)[C@H](O)CCO. The van der Waals surface area contributed by atoms with E-state index in [4.69, 9.17) is 72.0 Å². The van der Waals surface area contributed by atoms with Crippen LogP contribution in [0.5, 0.6) is 0 Å². The molecule has 0 aromatic carbocycles. The van der Waals surface area contributed by atoms with E-state index in [0.717, 1.165) is 6.08 Å². The predicted octanol–water partition coefficient (Wildman–Crippen LogP) is -18.3. The van der Waals surface area contributed by atoms with E-state index in [0.29, 0.717) is 25.8 Å². The van der Waals surface area contributed by atoms with Crippen LogP contribution in [0.3, 0.4) is 0 Å². The van der Waals surface area contributed by atoms with Crippen LogP contribution in [0.4, 0.5) is 0 Å². The zero-order chi connectivity index (χ0) is 79.1. The molecule has 0 aromatic rings. The fraction of sp³-hybridized carbons (Fsp3) is 0.967. The highest BCUT2D eigenvalue weighted by Crippen LogP contribution is 2.38. The van der Waals surface area contributed by atoms with Crippen LogP contribution in [-0.4, -0.2) is 477 Å². The number of hydrogen-bond donors (Lipinski definition) is 32. The van der Waals surface area contributed by atoms with E-state index in [1.54, 1.807) is 0 Å². The van der Waals surface area contributed by atoms with Crippen LogP contribution in [0.2, 0.25) is 0 Å². The van der Waals surface area contributed by atoms with Crippen molar-refractivity contribution in [3.63, 3.8) is 0 Å². The van der Waals surface area contributed by atoms with Crippen LogP contribution in [0.1, 0.15) is 44.9 Å². The topological polar surface area (TPSA) is 782 Å². The molecule has 106 heavy (non-hydrogen) atoms. The highest BCUT2D eigenvalue weighted by atomic mass is 16.8. The number of nitrogens with two attached hydrogens (primary N) is 1. The van der Waals surface area contributed by atoms with Gasteiger partial charge in [0.2, 0.25) is 0 Å². The Morgan fingerprint density at radius 2 is 0.792 bits per heavy atom. The molecule has 0 aliphatic carbocycles. The average molecular weight is 1570 g/mol. The summed E-state index contributed by atoms with van der Waals surface area (Å²) in [5.41, 5.74) is 4.92. The van der Waals surface area contributed by atoms with Gasteiger partial charge in [-0.25, -0.2) is 0 Å². The van der Waals surface area contributed by atoms with Crippen LogP contribution in [0, 0.1) is 0 Å². The molecule has 5 heterocycles. The Labute approximate surface area is 604 Å². The Kier molecular flexibility index (Phi) is 41.3. The van der Waals surface area contributed by atoms with E-state index >= 15 is 0 Å². The number of hydrogen-bond acceptors (Lipinski definition) is 46. The lowest BCUT2D eigenvalue weighted by Crippen LogP contribution is -2.68. The first-order valence-corrected chi connectivity index (χ1v) is 34.2. The van der Waals surface area contributed by atoms with Crippen LogP contribution in [-0.2, 0) is 66.3 Å². The highest BCUT2D eigenvalue weighted by Gasteiger charge is 2.58. The van der Waals surface area contributed by atoms with Crippen molar-refractivity contribution in [1.82, 2.24) is 0 Å². The summed E-state index contributed by atoms with van der Waals surface area (Å²) in [5, 5.41) is 337. The van der Waals surface area contributed by atoms with Gasteiger partial charge in [-0.2, -0.15) is 0 Å². The number of aliphatic hydroxyl groups excluding tert-OH is 31. The molecule has 0 saturated carbocycles. The van der Waals surface area contributed by atoms with E-state index in [1.165, 1.54) is 0 Å². The quantitative estimate of drug-likeness (QED) is 0.0153. The van der Waals surface area contributed by atoms with E-state index in [1.807, 2.05) is 0 Å². The number of aliphatic hydroxyl groups is 31. The molecule has 5 aliphatic heterocycles. The molecule has 0 spiro atoms. The maximum atomic E-state index is 12.1. The third-order valence-corrected chi connectivity index (χ3v) is 18.2. The maximum Gasteiger partial charge on any atom is 0.187 e. The summed E-state index contributed by atoms with van der Waals surface area (Å²) in [5.74, 6) is 0. The van der Waals surface area contributed by atoms with Crippen molar-refractivity contribution in [2.45, 2.75) is 285 Å². The first-order valence-electron chi connectivity index (χ1n) is 34.2. The molecule has 0 radical (unpaired) electrons. The van der Waals surface area contributed by atoms with Gasteiger partial charge in [0.1, 0.15) is 159 Å². The van der Waals surface area contributed by atoms with Crippen molar-refractivity contribution in [2.24, 2.45) is 5.73 Å². The summed E-state index contributed by atoms with van der Waals surface area (Å²) in [7, 11) is 0. The Morgan fingerprint density at radius 1 is 0.358 bits per heavy atom. The average Bonchev–Trinajstić information content (AvgIpc) is 0.772. The van der Waals surface area contributed by atoms with Crippen molar-refractivity contribution in [1.29, 1.82) is 0 Å². The van der Waals surface area contributed by atoms with Gasteiger partial charge in [0.05, 0.1) is 64.1 Å². The van der Waals surface area contributed by atoms with Gasteiger partial charge < -0.3 is 230 Å². The lowest BCUT2D eigenvalue weighted by molar-refractivity contribution is -0.407. The minimum absolute atomic E-state index is 0.195. The van der Waals surface area contributed by atoms with Crippen LogP contribution >= 0.6 is 0 Å². The van der Waals surface area contributed by atoms with Gasteiger partial charge >= 0.3 is 0 Å². The van der Waals surface area contributed by atoms with Crippen molar-refractivity contribution in [2.75, 3.05) is 79.2 Å². The molecule has 21 unspecified atom stereocenters. The van der Waals surface area contributed by atoms with E-state index in [2.05, 4.69) is 0 Å². The second-order valence-electron chi connectivity index (χ2n) is 25.8. The molecular weight excluding hydrogens is 1450 g/mol. The second-order valence-corrected chi connectivity index (χ2v) is 25.8. The molecule has 5 aliphatic rings. The molecule has 5 fully saturated rings. The molecule has 39 atom stereocenters. The zero-order valence-electron chi connectivity index (χ0n) is 57.2. The van der Waals surface area contributed by atoms with Gasteiger partial charge in [0.25, 0.3) is 0 Å². The number of rotatable bonds is 47. The van der Waals surface area contributed by atoms with Crippen molar-refractivity contribution >= 4 is 0 Å². The van der Waals surface area contributed by atoms with Gasteiger partial charge in [-0.05, 0) is 57.6 Å². The van der Waals surface area contributed by atoms with E-state index in [9.17, 15) is 158 Å². The van der Waals surface area contributed by atoms with Gasteiger partial charge in [-0.1, -0.05) is 0 Å². The minimum Gasteiger partial charge on any atom is -0.396 e. The third kappa shape index (κ3) is 25.0. The third-order valence-electron chi connectivity index (χ3n) is 18.2. The Bertz CT molecular complexity index is 2410. The molecule has 0 bridgehead atoms. The van der Waals surface area contributed by atoms with Gasteiger partial charge in [-0.15, -0.1) is 0 Å². The van der Waals surface area contributed by atoms with Gasteiger partial charge in [0.15, 0.2) is 56.6 Å². The zero-order valence-corrected chi connectivity index (χ0v) is 57.2. The molecule has 46 nitrogen and oxygen atoms in total. The standard InChI is InChI=1S/C60H111NO45/c61-8-2-1-3-13-93-54(91)47(31(75)23(72)5-10-63)104-60-50(40(84)35(79)29(18-69)99-60)105-57-44(88)46(37(81)30(19-70)96-57)103-59-51(41(85)36(80)28(17-68)98-59)106-58-49(39(83)34(78)27(16-67)97-58)102-53(90)43(87)45(25(74)7-12-65)100-55(92)48(32(76)24(73)6-11-64)101-52(89)21(14-22(71)4-9-62)20-94-56-42(86)38(82)33(77)26(15-66)95-56/h14,22-60,62-92H,1-13,15-20,61H2/b21-14+/t22-,23-,24-,25-,26?,27?,28?,29?,30?,31?,32?,33-,34-,35-,36-,37-,38?,39?,40?,41?,42?,43?,44?,45?,46?,47?,48?,49?,50?,51?,52-,53+,54-,55-,56-,57+,58-,59-,60-/m1/s1. The molecule has 5 rings (SSSR count). The first-order chi connectivity index (χ1) is 50.3. The minimum atomic E-state index is -2.99. The predicted molar refractivity (Wildman–Crippen MR) is 335 cm³/mol. The summed E-state index contributed by atoms with van der Waals surface area (Å²) in [6, 6.07) is 0. The molecule has 33 N–H and O–H groups in total. The molecule has 626 valence electrons. The highest BCUT2D eigenvalue weighted by molar-refractivity contribution is 5.10. The fourth-order valence-electron chi connectivity index (χ4n) is 11.9. The van der Waals surface area contributed by atoms with Gasteiger partial charge in [0, 0.05) is 38.6 Å². The maximum absolute atomic E-state index is 12.1. The largest absolute Gasteiger partial charge is 0.396 e. The molecule has 5 saturated heterocycles. The summed E-state index contributed by atoms with van der Waals surface area (Å²) >= 11 is 0. The molecular formula is C60H111NO45. The monoisotopic (exact) mass is 1570 g/mol. The number of unbranched alkanes of at least 4 members (excludes halogenated alkanes) is 2. The smallest absolute Gasteiger partial charge is 0.187 e. The van der Waals surface area contributed by atoms with Crippen molar-refractivity contribution in [3.05, 3.63) is 11.6 Å². The lowest BCUT2D eigenvalue weighted by Gasteiger charge is -2.50. The van der Waals surface area contributed by atoms with Crippen molar-refractivity contribution in [3.8, 4) is 0 Å². The summed E-state index contributed by atoms with van der Waals surface area (Å²) in [6.45, 7) is -9.69. The number of ether oxygens (including phenoxy) is 14. The first kappa shape index (κ1) is 94.5. The summed E-state index contributed by atoms with van der Waals surface area (Å²) in [4.78, 5) is 0. The van der Waals surface area contributed by atoms with Crippen LogP contribution < -0.4 is 5.73 Å². The summed E-state index contributed by atoms with van der Waals surface area (Å²) in [6.07, 6.45) is -88.3. The Hall–Kier alpha value is -2.10. The van der Waals surface area contributed by atoms with Gasteiger partial charge in [-0.3, -0.25) is 0 Å². The van der Waals surface area contributed by atoms with Crippen molar-refractivity contribution < 1.29 is 225 Å². The lowest BCUT2D eigenvalue weighted by atomic mass is 9.95. The van der Waals surface area contributed by atoms with Crippen LogP contribution in [0.15, 0.2) is 11.6 Å². The molecule has 46 heteroatoms. The Morgan fingerprint density at radius 3 is 1.31 bits per heavy atom. The second kappa shape index (κ2) is 46.3. The van der Waals surface area contributed by atoms with Crippen LogP contribution in [0.25, 0.3) is 0 Å². The molecule has 0 aromatic heterocycles. The molecule has 0 amide bonds. The normalized spacial score (nSPS) is 38.3. The Balaban J connectivity index is 1.47. The fourth-order valence-corrected chi connectivity index (χ4v) is 11.9.